The van der Waals surface area contributed by atoms with Gasteiger partial charge < -0.3 is 10.0 Å². The highest BCUT2D eigenvalue weighted by atomic mass is 35.5. The molecule has 2 unspecified atom stereocenters. The summed E-state index contributed by atoms with van der Waals surface area (Å²) in [4.78, 5) is 2.01. The lowest BCUT2D eigenvalue weighted by atomic mass is 9.76. The number of rotatable bonds is 6. The fourth-order valence-corrected chi connectivity index (χ4v) is 3.54. The maximum absolute atomic E-state index is 13.6. The van der Waals surface area contributed by atoms with Crippen molar-refractivity contribution in [3.8, 4) is 0 Å². The summed E-state index contributed by atoms with van der Waals surface area (Å²) >= 11 is 11.9. The fraction of sp³-hybridized carbons (Fsp3) is 0.333. The van der Waals surface area contributed by atoms with Crippen LogP contribution in [0.15, 0.2) is 48.0 Å². The van der Waals surface area contributed by atoms with E-state index in [-0.39, 0.29) is 10.9 Å². The lowest BCUT2D eigenvalue weighted by molar-refractivity contribution is 0.0105. The maximum Gasteiger partial charge on any atom is 0.141 e. The van der Waals surface area contributed by atoms with Crippen LogP contribution >= 0.6 is 23.2 Å². The van der Waals surface area contributed by atoms with Crippen LogP contribution in [0.25, 0.3) is 6.08 Å². The Bertz CT molecular complexity index is 789. The van der Waals surface area contributed by atoms with E-state index in [1.165, 1.54) is 12.1 Å². The number of nitrogens with zero attached hydrogens (tertiary/aromatic N) is 1. The van der Waals surface area contributed by atoms with Gasteiger partial charge in [0.05, 0.1) is 5.02 Å². The molecule has 0 heterocycles. The highest BCUT2D eigenvalue weighted by Crippen LogP contribution is 2.39. The summed E-state index contributed by atoms with van der Waals surface area (Å²) < 4.78 is 13.6. The van der Waals surface area contributed by atoms with E-state index in [0.717, 1.165) is 11.1 Å². The first-order chi connectivity index (χ1) is 12.1. The van der Waals surface area contributed by atoms with E-state index >= 15 is 0 Å². The Kier molecular flexibility index (Phi) is 6.86. The van der Waals surface area contributed by atoms with E-state index in [1.807, 2.05) is 51.1 Å². The lowest BCUT2D eigenvalue weighted by Crippen LogP contribution is -2.40. The van der Waals surface area contributed by atoms with E-state index < -0.39 is 11.4 Å². The highest BCUT2D eigenvalue weighted by molar-refractivity contribution is 6.31. The summed E-state index contributed by atoms with van der Waals surface area (Å²) in [5.41, 5.74) is 0.953. The van der Waals surface area contributed by atoms with Crippen LogP contribution in [0, 0.1) is 11.7 Å². The van der Waals surface area contributed by atoms with Gasteiger partial charge in [-0.15, -0.1) is 0 Å². The van der Waals surface area contributed by atoms with E-state index in [4.69, 9.17) is 23.2 Å². The average Bonchev–Trinajstić information content (AvgIpc) is 2.57. The predicted octanol–water partition coefficient (Wildman–Crippen LogP) is 5.62. The van der Waals surface area contributed by atoms with Crippen LogP contribution in [0.3, 0.4) is 0 Å². The van der Waals surface area contributed by atoms with Crippen LogP contribution in [0.1, 0.15) is 25.0 Å². The van der Waals surface area contributed by atoms with Crippen molar-refractivity contribution in [1.29, 1.82) is 0 Å². The molecule has 0 spiro atoms. The van der Waals surface area contributed by atoms with Gasteiger partial charge in [0.25, 0.3) is 0 Å². The fourth-order valence-electron chi connectivity index (χ4n) is 3.23. The molecule has 0 radical (unpaired) electrons. The quantitative estimate of drug-likeness (QED) is 0.685. The lowest BCUT2D eigenvalue weighted by Gasteiger charge is -2.37. The molecule has 2 aromatic carbocycles. The minimum Gasteiger partial charge on any atom is -0.380 e. The predicted molar refractivity (Wildman–Crippen MR) is 108 cm³/mol. The van der Waals surface area contributed by atoms with Crippen molar-refractivity contribution in [2.75, 3.05) is 20.6 Å². The Labute approximate surface area is 164 Å². The van der Waals surface area contributed by atoms with Crippen molar-refractivity contribution in [3.05, 3.63) is 75.0 Å². The summed E-state index contributed by atoms with van der Waals surface area (Å²) in [6.45, 7) is 4.49. The number of halogens is 3. The maximum atomic E-state index is 13.6. The van der Waals surface area contributed by atoms with Crippen LogP contribution in [0.4, 0.5) is 4.39 Å². The summed E-state index contributed by atoms with van der Waals surface area (Å²) in [5.74, 6) is -0.653. The molecule has 2 atom stereocenters. The van der Waals surface area contributed by atoms with Crippen molar-refractivity contribution in [2.24, 2.45) is 5.92 Å². The summed E-state index contributed by atoms with van der Waals surface area (Å²) in [6, 6.07) is 11.8. The summed E-state index contributed by atoms with van der Waals surface area (Å²) in [5, 5.41) is 12.3. The third-order valence-corrected chi connectivity index (χ3v) is 5.11. The van der Waals surface area contributed by atoms with Gasteiger partial charge in [0.2, 0.25) is 0 Å². The molecule has 0 aliphatic rings. The third kappa shape index (κ3) is 4.66. The first-order valence-electron chi connectivity index (χ1n) is 8.41. The Morgan fingerprint density at radius 3 is 2.35 bits per heavy atom. The van der Waals surface area contributed by atoms with Gasteiger partial charge in [-0.05, 0) is 62.0 Å². The molecule has 140 valence electrons. The van der Waals surface area contributed by atoms with Gasteiger partial charge in [-0.3, -0.25) is 0 Å². The standard InChI is InChI=1S/C21H24Cl2FNO/c1-14(11-16-5-8-18(22)9-6-16)21(26,15(2)13-25(3)4)17-7-10-20(24)19(23)12-17/h5-12,15,26H,13H2,1-4H3/b14-11+. The molecule has 0 aliphatic carbocycles. The van der Waals surface area contributed by atoms with E-state index in [9.17, 15) is 9.50 Å². The topological polar surface area (TPSA) is 23.5 Å². The second-order valence-corrected chi connectivity index (χ2v) is 7.78. The molecule has 0 aliphatic heterocycles. The molecule has 2 nitrogen and oxygen atoms in total. The molecule has 0 fully saturated rings. The van der Waals surface area contributed by atoms with Gasteiger partial charge in [-0.2, -0.15) is 0 Å². The molecule has 0 amide bonds. The molecule has 0 saturated heterocycles. The molecular formula is C21H24Cl2FNO. The van der Waals surface area contributed by atoms with Crippen LogP contribution in [-0.4, -0.2) is 30.6 Å². The number of benzene rings is 2. The highest BCUT2D eigenvalue weighted by Gasteiger charge is 2.38. The van der Waals surface area contributed by atoms with Gasteiger partial charge in [-0.1, -0.05) is 54.4 Å². The third-order valence-electron chi connectivity index (χ3n) is 4.57. The minimum absolute atomic E-state index is 0.00253. The SMILES string of the molecule is C/C(=C\c1ccc(Cl)cc1)C(O)(c1ccc(F)c(Cl)c1)C(C)CN(C)C. The van der Waals surface area contributed by atoms with Gasteiger partial charge in [0.1, 0.15) is 11.4 Å². The van der Waals surface area contributed by atoms with Gasteiger partial charge in [0, 0.05) is 17.5 Å². The molecule has 5 heteroatoms. The van der Waals surface area contributed by atoms with Crippen molar-refractivity contribution in [1.82, 2.24) is 4.90 Å². The zero-order chi connectivity index (χ0) is 19.5. The molecule has 0 saturated carbocycles. The Hall–Kier alpha value is -1.39. The van der Waals surface area contributed by atoms with E-state index in [1.54, 1.807) is 18.2 Å². The number of hydrogen-bond acceptors (Lipinski definition) is 2. The Balaban J connectivity index is 2.54. The van der Waals surface area contributed by atoms with Crippen LogP contribution in [-0.2, 0) is 5.60 Å². The van der Waals surface area contributed by atoms with Gasteiger partial charge >= 0.3 is 0 Å². The first-order valence-corrected chi connectivity index (χ1v) is 9.17. The average molecular weight is 396 g/mol. The number of aliphatic hydroxyl groups is 1. The smallest absolute Gasteiger partial charge is 0.141 e. The monoisotopic (exact) mass is 395 g/mol. The van der Waals surface area contributed by atoms with E-state index in [2.05, 4.69) is 0 Å². The first kappa shape index (κ1) is 20.9. The van der Waals surface area contributed by atoms with Gasteiger partial charge in [-0.25, -0.2) is 4.39 Å². The molecule has 1 N–H and O–H groups in total. The van der Waals surface area contributed by atoms with E-state index in [0.29, 0.717) is 17.1 Å². The second-order valence-electron chi connectivity index (χ2n) is 6.94. The van der Waals surface area contributed by atoms with Crippen LogP contribution in [0.2, 0.25) is 10.0 Å². The van der Waals surface area contributed by atoms with Crippen molar-refractivity contribution in [2.45, 2.75) is 19.4 Å². The van der Waals surface area contributed by atoms with Crippen molar-refractivity contribution >= 4 is 29.3 Å². The summed E-state index contributed by atoms with van der Waals surface area (Å²) in [7, 11) is 3.90. The van der Waals surface area contributed by atoms with Gasteiger partial charge in [0.15, 0.2) is 0 Å². The molecule has 2 aromatic rings. The van der Waals surface area contributed by atoms with Crippen molar-refractivity contribution in [3.63, 3.8) is 0 Å². The molecule has 26 heavy (non-hydrogen) atoms. The van der Waals surface area contributed by atoms with Crippen molar-refractivity contribution < 1.29 is 9.50 Å². The Morgan fingerprint density at radius 2 is 1.81 bits per heavy atom. The van der Waals surface area contributed by atoms with Crippen LogP contribution in [0.5, 0.6) is 0 Å². The molecule has 2 rings (SSSR count). The molecular weight excluding hydrogens is 372 g/mol. The minimum atomic E-state index is -1.29. The van der Waals surface area contributed by atoms with Crippen LogP contribution < -0.4 is 0 Å². The summed E-state index contributed by atoms with van der Waals surface area (Å²) in [6.07, 6.45) is 1.92. The Morgan fingerprint density at radius 1 is 1.19 bits per heavy atom. The largest absolute Gasteiger partial charge is 0.380 e. The zero-order valence-corrected chi connectivity index (χ0v) is 16.9. The number of hydrogen-bond donors (Lipinski definition) is 1. The molecule has 0 bridgehead atoms. The zero-order valence-electron chi connectivity index (χ0n) is 15.4. The normalized spacial score (nSPS) is 15.8. The second kappa shape index (κ2) is 8.53. The molecule has 0 aromatic heterocycles.